The summed E-state index contributed by atoms with van der Waals surface area (Å²) in [6.07, 6.45) is 3.77. The van der Waals surface area contributed by atoms with Crippen LogP contribution in [0.4, 0.5) is 0 Å². The van der Waals surface area contributed by atoms with Crippen molar-refractivity contribution in [3.8, 4) is 0 Å². The molecule has 2 aromatic heterocycles. The van der Waals surface area contributed by atoms with E-state index in [9.17, 15) is 0 Å². The van der Waals surface area contributed by atoms with Crippen LogP contribution in [0.5, 0.6) is 0 Å². The number of hydrogen-bond acceptors (Lipinski definition) is 4. The second kappa shape index (κ2) is 5.25. The largest absolute Gasteiger partial charge is 0.308 e. The lowest BCUT2D eigenvalue weighted by Crippen LogP contribution is -2.12. The lowest BCUT2D eigenvalue weighted by Gasteiger charge is -2.06. The van der Waals surface area contributed by atoms with E-state index in [2.05, 4.69) is 33.5 Å². The van der Waals surface area contributed by atoms with Crippen molar-refractivity contribution < 1.29 is 0 Å². The fourth-order valence-corrected chi connectivity index (χ4v) is 2.52. The second-order valence-corrected chi connectivity index (χ2v) is 5.03. The molecule has 0 saturated heterocycles. The maximum absolute atomic E-state index is 4.36. The Bertz CT molecular complexity index is 629. The molecule has 0 unspecified atom stereocenters. The van der Waals surface area contributed by atoms with Crippen molar-refractivity contribution in [2.24, 2.45) is 0 Å². The Morgan fingerprint density at radius 3 is 2.94 bits per heavy atom. The summed E-state index contributed by atoms with van der Waals surface area (Å²) in [4.78, 5) is 9.69. The van der Waals surface area contributed by atoms with E-state index in [-0.39, 0.29) is 0 Å². The van der Waals surface area contributed by atoms with E-state index in [0.29, 0.717) is 0 Å². The van der Waals surface area contributed by atoms with Crippen LogP contribution in [0.2, 0.25) is 0 Å². The summed E-state index contributed by atoms with van der Waals surface area (Å²) in [6.45, 7) is 1.71. The van der Waals surface area contributed by atoms with E-state index in [1.54, 1.807) is 11.3 Å². The maximum Gasteiger partial charge on any atom is 0.0794 e. The molecule has 0 radical (unpaired) electrons. The highest BCUT2D eigenvalue weighted by Gasteiger charge is 2.01. The van der Waals surface area contributed by atoms with Gasteiger partial charge in [-0.2, -0.15) is 0 Å². The number of rotatable bonds is 4. The molecule has 0 spiro atoms. The summed E-state index contributed by atoms with van der Waals surface area (Å²) in [5.41, 5.74) is 4.19. The molecule has 3 nitrogen and oxygen atoms in total. The van der Waals surface area contributed by atoms with E-state index in [1.165, 1.54) is 15.8 Å². The number of nitrogens with one attached hydrogen (secondary N) is 1. The van der Waals surface area contributed by atoms with Crippen molar-refractivity contribution in [3.63, 3.8) is 0 Å². The lowest BCUT2D eigenvalue weighted by atomic mass is 10.1. The van der Waals surface area contributed by atoms with Crippen molar-refractivity contribution in [1.82, 2.24) is 15.3 Å². The Balaban J connectivity index is 1.74. The number of benzene rings is 1. The number of pyridine rings is 1. The van der Waals surface area contributed by atoms with Gasteiger partial charge in [0.2, 0.25) is 0 Å². The molecular weight excluding hydrogens is 242 g/mol. The van der Waals surface area contributed by atoms with Crippen LogP contribution in [0.3, 0.4) is 0 Å². The van der Waals surface area contributed by atoms with Crippen LogP contribution in [-0.4, -0.2) is 9.97 Å². The summed E-state index contributed by atoms with van der Waals surface area (Å²) in [6, 6.07) is 10.3. The van der Waals surface area contributed by atoms with E-state index < -0.39 is 0 Å². The standard InChI is InChI=1S/C14H13N3S/c1-2-4-14-13(3-1)11(5-6-17-14)7-15-8-12-9-16-10-18-12/h1-6,9-10,15H,7-8H2. The number of aromatic nitrogens is 2. The summed E-state index contributed by atoms with van der Waals surface area (Å²) < 4.78 is 0. The number of hydrogen-bond donors (Lipinski definition) is 1. The Labute approximate surface area is 110 Å². The molecule has 0 aliphatic rings. The maximum atomic E-state index is 4.36. The van der Waals surface area contributed by atoms with E-state index in [1.807, 2.05) is 30.0 Å². The van der Waals surface area contributed by atoms with Crippen LogP contribution >= 0.6 is 11.3 Å². The smallest absolute Gasteiger partial charge is 0.0794 e. The van der Waals surface area contributed by atoms with Crippen LogP contribution in [0, 0.1) is 0 Å². The van der Waals surface area contributed by atoms with Gasteiger partial charge in [-0.1, -0.05) is 18.2 Å². The predicted molar refractivity (Wildman–Crippen MR) is 74.4 cm³/mol. The first-order chi connectivity index (χ1) is 8.93. The number of fused-ring (bicyclic) bond motifs is 1. The average molecular weight is 255 g/mol. The Kier molecular flexibility index (Phi) is 3.30. The molecule has 3 aromatic rings. The predicted octanol–water partition coefficient (Wildman–Crippen LogP) is 2.98. The monoisotopic (exact) mass is 255 g/mol. The molecule has 1 N–H and O–H groups in total. The minimum Gasteiger partial charge on any atom is -0.308 e. The van der Waals surface area contributed by atoms with E-state index in [0.717, 1.165) is 18.6 Å². The Hall–Kier alpha value is -1.78. The van der Waals surface area contributed by atoms with Gasteiger partial charge >= 0.3 is 0 Å². The highest BCUT2D eigenvalue weighted by atomic mass is 32.1. The van der Waals surface area contributed by atoms with Crippen molar-refractivity contribution in [1.29, 1.82) is 0 Å². The van der Waals surface area contributed by atoms with Gasteiger partial charge in [0.15, 0.2) is 0 Å². The van der Waals surface area contributed by atoms with Gasteiger partial charge in [0.1, 0.15) is 0 Å². The first kappa shape index (κ1) is 11.3. The van der Waals surface area contributed by atoms with E-state index >= 15 is 0 Å². The third-order valence-electron chi connectivity index (χ3n) is 2.84. The van der Waals surface area contributed by atoms with Crippen LogP contribution in [0.1, 0.15) is 10.4 Å². The van der Waals surface area contributed by atoms with Gasteiger partial charge in [0.25, 0.3) is 0 Å². The average Bonchev–Trinajstić information content (AvgIpc) is 2.92. The van der Waals surface area contributed by atoms with E-state index in [4.69, 9.17) is 0 Å². The van der Waals surface area contributed by atoms with Gasteiger partial charge in [0.05, 0.1) is 11.0 Å². The molecule has 0 fully saturated rings. The molecule has 1 aromatic carbocycles. The van der Waals surface area contributed by atoms with Gasteiger partial charge in [0, 0.05) is 35.7 Å². The number of nitrogens with zero attached hydrogens (tertiary/aromatic N) is 2. The minimum atomic E-state index is 0.848. The molecule has 0 saturated carbocycles. The molecule has 4 heteroatoms. The second-order valence-electron chi connectivity index (χ2n) is 4.06. The molecule has 18 heavy (non-hydrogen) atoms. The summed E-state index contributed by atoms with van der Waals surface area (Å²) in [5.74, 6) is 0. The van der Waals surface area contributed by atoms with Crippen LogP contribution in [0.15, 0.2) is 48.2 Å². The lowest BCUT2D eigenvalue weighted by molar-refractivity contribution is 0.703. The fraction of sp³-hybridized carbons (Fsp3) is 0.143. The third-order valence-corrected chi connectivity index (χ3v) is 3.62. The quantitative estimate of drug-likeness (QED) is 0.779. The fourth-order valence-electron chi connectivity index (χ4n) is 1.96. The van der Waals surface area contributed by atoms with Gasteiger partial charge in [-0.05, 0) is 17.7 Å². The number of thiazole rings is 1. The van der Waals surface area contributed by atoms with Crippen molar-refractivity contribution >= 4 is 22.2 Å². The zero-order valence-corrected chi connectivity index (χ0v) is 10.7. The van der Waals surface area contributed by atoms with Gasteiger partial charge in [-0.25, -0.2) is 0 Å². The van der Waals surface area contributed by atoms with Crippen molar-refractivity contribution in [3.05, 3.63) is 58.7 Å². The molecule has 90 valence electrons. The summed E-state index contributed by atoms with van der Waals surface area (Å²) in [7, 11) is 0. The molecular formula is C14H13N3S. The number of para-hydroxylation sites is 1. The van der Waals surface area contributed by atoms with Crippen LogP contribution in [-0.2, 0) is 13.1 Å². The van der Waals surface area contributed by atoms with Gasteiger partial charge in [-0.3, -0.25) is 9.97 Å². The molecule has 2 heterocycles. The first-order valence-corrected chi connectivity index (χ1v) is 6.72. The molecule has 0 aliphatic heterocycles. The zero-order valence-electron chi connectivity index (χ0n) is 9.84. The molecule has 0 aliphatic carbocycles. The van der Waals surface area contributed by atoms with Crippen molar-refractivity contribution in [2.45, 2.75) is 13.1 Å². The van der Waals surface area contributed by atoms with Crippen LogP contribution in [0.25, 0.3) is 10.9 Å². The highest BCUT2D eigenvalue weighted by Crippen LogP contribution is 2.16. The van der Waals surface area contributed by atoms with Gasteiger partial charge in [-0.15, -0.1) is 11.3 Å². The normalized spacial score (nSPS) is 10.9. The summed E-state index contributed by atoms with van der Waals surface area (Å²) >= 11 is 1.68. The SMILES string of the molecule is c1ccc2c(CNCc3cncs3)ccnc2c1. The molecule has 0 amide bonds. The highest BCUT2D eigenvalue weighted by molar-refractivity contribution is 7.09. The Morgan fingerprint density at radius 1 is 1.11 bits per heavy atom. The molecule has 0 bridgehead atoms. The minimum absolute atomic E-state index is 0.848. The van der Waals surface area contributed by atoms with Crippen molar-refractivity contribution in [2.75, 3.05) is 0 Å². The summed E-state index contributed by atoms with van der Waals surface area (Å²) in [5, 5.41) is 4.66. The Morgan fingerprint density at radius 2 is 2.06 bits per heavy atom. The first-order valence-electron chi connectivity index (χ1n) is 5.84. The zero-order chi connectivity index (χ0) is 12.2. The third kappa shape index (κ3) is 2.39. The van der Waals surface area contributed by atoms with Gasteiger partial charge < -0.3 is 5.32 Å². The van der Waals surface area contributed by atoms with Crippen LogP contribution < -0.4 is 5.32 Å². The molecule has 0 atom stereocenters. The topological polar surface area (TPSA) is 37.8 Å². The molecule has 3 rings (SSSR count).